The molecular formula is C9H11N3. The van der Waals surface area contributed by atoms with Crippen molar-refractivity contribution in [3.8, 4) is 6.07 Å². The fourth-order valence-electron chi connectivity index (χ4n) is 1.15. The van der Waals surface area contributed by atoms with Crippen LogP contribution in [0.1, 0.15) is 17.0 Å². The fraction of sp³-hybridized carbons (Fsp3) is 0.333. The molecule has 1 aromatic heterocycles. The van der Waals surface area contributed by atoms with Crippen molar-refractivity contribution in [1.82, 2.24) is 9.78 Å². The summed E-state index contributed by atoms with van der Waals surface area (Å²) in [7, 11) is 1.89. The van der Waals surface area contributed by atoms with E-state index in [-0.39, 0.29) is 0 Å². The lowest BCUT2D eigenvalue weighted by molar-refractivity contribution is 0.731. The van der Waals surface area contributed by atoms with Crippen molar-refractivity contribution in [2.75, 3.05) is 0 Å². The van der Waals surface area contributed by atoms with Crippen LogP contribution in [0.4, 0.5) is 0 Å². The minimum Gasteiger partial charge on any atom is -0.272 e. The Morgan fingerprint density at radius 2 is 2.17 bits per heavy atom. The van der Waals surface area contributed by atoms with Crippen LogP contribution < -0.4 is 0 Å². The van der Waals surface area contributed by atoms with E-state index in [1.165, 1.54) is 6.08 Å². The van der Waals surface area contributed by atoms with Gasteiger partial charge >= 0.3 is 0 Å². The maximum Gasteiger partial charge on any atom is 0.0912 e. The topological polar surface area (TPSA) is 41.6 Å². The van der Waals surface area contributed by atoms with Crippen LogP contribution in [0.2, 0.25) is 0 Å². The molecule has 1 aromatic rings. The van der Waals surface area contributed by atoms with Gasteiger partial charge in [0.1, 0.15) is 0 Å². The summed E-state index contributed by atoms with van der Waals surface area (Å²) in [5.41, 5.74) is 3.08. The summed E-state index contributed by atoms with van der Waals surface area (Å²) in [6.07, 6.45) is 3.26. The molecule has 3 heteroatoms. The lowest BCUT2D eigenvalue weighted by Gasteiger charge is -1.92. The van der Waals surface area contributed by atoms with Crippen molar-refractivity contribution in [3.63, 3.8) is 0 Å². The summed E-state index contributed by atoms with van der Waals surface area (Å²) < 4.78 is 1.81. The Bertz CT molecular complexity index is 353. The highest BCUT2D eigenvalue weighted by atomic mass is 15.3. The van der Waals surface area contributed by atoms with E-state index in [2.05, 4.69) is 5.10 Å². The highest BCUT2D eigenvalue weighted by molar-refractivity contribution is 5.56. The van der Waals surface area contributed by atoms with E-state index in [1.807, 2.05) is 31.6 Å². The summed E-state index contributed by atoms with van der Waals surface area (Å²) in [4.78, 5) is 0. The van der Waals surface area contributed by atoms with E-state index in [0.29, 0.717) is 0 Å². The molecule has 0 spiro atoms. The molecule has 0 saturated carbocycles. The van der Waals surface area contributed by atoms with Crippen molar-refractivity contribution >= 4 is 6.08 Å². The van der Waals surface area contributed by atoms with Gasteiger partial charge in [-0.15, -0.1) is 0 Å². The van der Waals surface area contributed by atoms with Crippen LogP contribution in [0.3, 0.4) is 0 Å². The second-order valence-corrected chi connectivity index (χ2v) is 2.67. The van der Waals surface area contributed by atoms with Gasteiger partial charge < -0.3 is 0 Å². The van der Waals surface area contributed by atoms with Crippen molar-refractivity contribution in [2.24, 2.45) is 7.05 Å². The molecule has 0 aliphatic carbocycles. The molecule has 0 aliphatic heterocycles. The molecule has 62 valence electrons. The van der Waals surface area contributed by atoms with Gasteiger partial charge in [-0.05, 0) is 19.9 Å². The largest absolute Gasteiger partial charge is 0.272 e. The van der Waals surface area contributed by atoms with E-state index < -0.39 is 0 Å². The van der Waals surface area contributed by atoms with Crippen molar-refractivity contribution in [3.05, 3.63) is 23.0 Å². The molecule has 0 fully saturated rings. The zero-order valence-corrected chi connectivity index (χ0v) is 7.50. The van der Waals surface area contributed by atoms with Gasteiger partial charge in [0.05, 0.1) is 11.8 Å². The normalized spacial score (nSPS) is 10.5. The Morgan fingerprint density at radius 3 is 2.58 bits per heavy atom. The number of hydrogen-bond donors (Lipinski definition) is 0. The van der Waals surface area contributed by atoms with E-state index in [4.69, 9.17) is 5.26 Å². The van der Waals surface area contributed by atoms with Crippen molar-refractivity contribution in [1.29, 1.82) is 5.26 Å². The summed E-state index contributed by atoms with van der Waals surface area (Å²) in [6.45, 7) is 3.92. The molecule has 1 rings (SSSR count). The van der Waals surface area contributed by atoms with Gasteiger partial charge in [-0.25, -0.2) is 0 Å². The molecule has 3 nitrogen and oxygen atoms in total. The molecule has 0 amide bonds. The van der Waals surface area contributed by atoms with Gasteiger partial charge in [0, 0.05) is 24.4 Å². The van der Waals surface area contributed by atoms with E-state index >= 15 is 0 Å². The van der Waals surface area contributed by atoms with E-state index in [9.17, 15) is 0 Å². The number of rotatable bonds is 1. The Labute approximate surface area is 71.9 Å². The first-order valence-electron chi connectivity index (χ1n) is 3.73. The first kappa shape index (κ1) is 8.54. The molecule has 0 atom stereocenters. The average Bonchev–Trinajstić information content (AvgIpc) is 2.25. The minimum absolute atomic E-state index is 0.960. The van der Waals surface area contributed by atoms with Crippen molar-refractivity contribution < 1.29 is 0 Å². The van der Waals surface area contributed by atoms with E-state index in [1.54, 1.807) is 6.08 Å². The van der Waals surface area contributed by atoms with Crippen LogP contribution in [-0.2, 0) is 7.05 Å². The number of aromatic nitrogens is 2. The lowest BCUT2D eigenvalue weighted by atomic mass is 10.2. The number of nitriles is 1. The summed E-state index contributed by atoms with van der Waals surface area (Å²) >= 11 is 0. The SMILES string of the molecule is Cc1nn(C)c(C)c1C=CC#N. The number of allylic oxidation sites excluding steroid dienone is 1. The maximum absolute atomic E-state index is 8.35. The molecule has 0 N–H and O–H groups in total. The van der Waals surface area contributed by atoms with Gasteiger partial charge in [-0.3, -0.25) is 4.68 Å². The first-order chi connectivity index (χ1) is 5.66. The Balaban J connectivity index is 3.16. The molecule has 0 aliphatic rings. The molecule has 0 radical (unpaired) electrons. The summed E-state index contributed by atoms with van der Waals surface area (Å²) in [5.74, 6) is 0. The molecular weight excluding hydrogens is 150 g/mol. The maximum atomic E-state index is 8.35. The van der Waals surface area contributed by atoms with Crippen LogP contribution in [0.5, 0.6) is 0 Å². The lowest BCUT2D eigenvalue weighted by Crippen LogP contribution is -1.92. The van der Waals surface area contributed by atoms with Gasteiger partial charge in [0.15, 0.2) is 0 Å². The quantitative estimate of drug-likeness (QED) is 0.587. The Morgan fingerprint density at radius 1 is 1.50 bits per heavy atom. The standard InChI is InChI=1S/C9H11N3/c1-7-9(5-4-6-10)8(2)12(3)11-7/h4-5H,1-3H3. The highest BCUT2D eigenvalue weighted by Gasteiger charge is 2.04. The number of nitrogens with zero attached hydrogens (tertiary/aromatic N) is 3. The minimum atomic E-state index is 0.960. The summed E-state index contributed by atoms with van der Waals surface area (Å²) in [6, 6.07) is 1.96. The molecule has 0 aromatic carbocycles. The molecule has 0 unspecified atom stereocenters. The average molecular weight is 161 g/mol. The third-order valence-electron chi connectivity index (χ3n) is 1.89. The van der Waals surface area contributed by atoms with Gasteiger partial charge in [-0.1, -0.05) is 0 Å². The Hall–Kier alpha value is -1.56. The molecule has 0 bridgehead atoms. The van der Waals surface area contributed by atoms with Gasteiger partial charge in [0.2, 0.25) is 0 Å². The van der Waals surface area contributed by atoms with Gasteiger partial charge in [-0.2, -0.15) is 10.4 Å². The molecule has 0 saturated heterocycles. The zero-order chi connectivity index (χ0) is 9.14. The Kier molecular flexibility index (Phi) is 2.29. The first-order valence-corrected chi connectivity index (χ1v) is 3.73. The fourth-order valence-corrected chi connectivity index (χ4v) is 1.15. The van der Waals surface area contributed by atoms with E-state index in [0.717, 1.165) is 17.0 Å². The second kappa shape index (κ2) is 3.22. The number of hydrogen-bond acceptors (Lipinski definition) is 2. The molecule has 12 heavy (non-hydrogen) atoms. The third-order valence-corrected chi connectivity index (χ3v) is 1.89. The predicted molar refractivity (Wildman–Crippen MR) is 47.3 cm³/mol. The summed E-state index contributed by atoms with van der Waals surface area (Å²) in [5, 5.41) is 12.6. The monoisotopic (exact) mass is 161 g/mol. The van der Waals surface area contributed by atoms with Crippen LogP contribution in [-0.4, -0.2) is 9.78 Å². The third kappa shape index (κ3) is 1.37. The van der Waals surface area contributed by atoms with Crippen LogP contribution in [0.25, 0.3) is 6.08 Å². The smallest absolute Gasteiger partial charge is 0.0912 e. The number of aryl methyl sites for hydroxylation is 2. The van der Waals surface area contributed by atoms with Crippen LogP contribution in [0, 0.1) is 25.2 Å². The van der Waals surface area contributed by atoms with Crippen LogP contribution >= 0.6 is 0 Å². The van der Waals surface area contributed by atoms with Gasteiger partial charge in [0.25, 0.3) is 0 Å². The predicted octanol–water partition coefficient (Wildman–Crippen LogP) is 1.57. The highest BCUT2D eigenvalue weighted by Crippen LogP contribution is 2.12. The second-order valence-electron chi connectivity index (χ2n) is 2.67. The van der Waals surface area contributed by atoms with Crippen molar-refractivity contribution in [2.45, 2.75) is 13.8 Å². The molecule has 1 heterocycles. The van der Waals surface area contributed by atoms with Crippen LogP contribution in [0.15, 0.2) is 6.08 Å². The zero-order valence-electron chi connectivity index (χ0n) is 7.50.